The van der Waals surface area contributed by atoms with Gasteiger partial charge in [-0.1, -0.05) is 49.4 Å². The molecule has 3 N–H and O–H groups in total. The molecule has 2 aromatic carbocycles. The van der Waals surface area contributed by atoms with Crippen LogP contribution < -0.4 is 10.6 Å². The summed E-state index contributed by atoms with van der Waals surface area (Å²) in [5, 5.41) is 13.9. The second-order valence-electron chi connectivity index (χ2n) is 7.76. The van der Waals surface area contributed by atoms with Gasteiger partial charge in [0.25, 0.3) is 0 Å². The van der Waals surface area contributed by atoms with E-state index in [9.17, 15) is 4.79 Å². The molecule has 0 radical (unpaired) electrons. The number of piperidine rings is 1. The maximum Gasteiger partial charge on any atom is 0.224 e. The number of nitrogens with zero attached hydrogens (tertiary/aromatic N) is 2. The maximum absolute atomic E-state index is 12.7. The summed E-state index contributed by atoms with van der Waals surface area (Å²) < 4.78 is 0. The lowest BCUT2D eigenvalue weighted by Gasteiger charge is -2.28. The Morgan fingerprint density at radius 3 is 2.70 bits per heavy atom. The summed E-state index contributed by atoms with van der Waals surface area (Å²) in [6, 6.07) is 17.5. The maximum atomic E-state index is 12.7. The van der Waals surface area contributed by atoms with Gasteiger partial charge in [0.05, 0.1) is 5.69 Å². The van der Waals surface area contributed by atoms with Crippen molar-refractivity contribution in [1.29, 1.82) is 0 Å². The molecule has 1 amide bonds. The third-order valence-electron chi connectivity index (χ3n) is 5.62. The Morgan fingerprint density at radius 1 is 1.17 bits per heavy atom. The van der Waals surface area contributed by atoms with E-state index in [2.05, 4.69) is 32.7 Å². The van der Waals surface area contributed by atoms with Crippen molar-refractivity contribution < 1.29 is 4.79 Å². The number of benzene rings is 2. The smallest absolute Gasteiger partial charge is 0.224 e. The van der Waals surface area contributed by atoms with Gasteiger partial charge in [0.15, 0.2) is 11.6 Å². The van der Waals surface area contributed by atoms with Gasteiger partial charge in [0.2, 0.25) is 5.91 Å². The number of hydrogen-bond acceptors (Lipinski definition) is 4. The van der Waals surface area contributed by atoms with Crippen molar-refractivity contribution in [3.05, 3.63) is 54.6 Å². The molecule has 2 atom stereocenters. The molecule has 158 valence electrons. The Kier molecular flexibility index (Phi) is 7.60. The number of hydrogen-bond donors (Lipinski definition) is 3. The number of aromatic amines is 1. The van der Waals surface area contributed by atoms with Crippen LogP contribution in [0.5, 0.6) is 0 Å². The van der Waals surface area contributed by atoms with E-state index in [-0.39, 0.29) is 18.3 Å². The zero-order chi connectivity index (χ0) is 20.1. The number of aromatic nitrogens is 3. The third-order valence-corrected chi connectivity index (χ3v) is 5.62. The van der Waals surface area contributed by atoms with Crippen molar-refractivity contribution in [2.24, 2.45) is 11.8 Å². The summed E-state index contributed by atoms with van der Waals surface area (Å²) in [5.74, 6) is 2.24. The van der Waals surface area contributed by atoms with Crippen LogP contribution in [0.4, 0.5) is 5.69 Å². The van der Waals surface area contributed by atoms with Crippen LogP contribution in [0.2, 0.25) is 0 Å². The zero-order valence-corrected chi connectivity index (χ0v) is 17.9. The van der Waals surface area contributed by atoms with Gasteiger partial charge >= 0.3 is 0 Å². The minimum atomic E-state index is 0. The van der Waals surface area contributed by atoms with Crippen LogP contribution in [0.3, 0.4) is 0 Å². The molecule has 2 heterocycles. The highest BCUT2D eigenvalue weighted by Crippen LogP contribution is 2.28. The number of H-pyrrole nitrogens is 1. The van der Waals surface area contributed by atoms with Crippen LogP contribution in [0.25, 0.3) is 22.8 Å². The molecule has 1 saturated heterocycles. The van der Waals surface area contributed by atoms with E-state index >= 15 is 0 Å². The summed E-state index contributed by atoms with van der Waals surface area (Å²) in [4.78, 5) is 17.3. The second-order valence-corrected chi connectivity index (χ2v) is 7.76. The fourth-order valence-corrected chi connectivity index (χ4v) is 3.92. The fourth-order valence-electron chi connectivity index (χ4n) is 3.92. The topological polar surface area (TPSA) is 82.7 Å². The number of nitrogens with one attached hydrogen (secondary N) is 3. The van der Waals surface area contributed by atoms with Gasteiger partial charge in [-0.05, 0) is 49.9 Å². The van der Waals surface area contributed by atoms with Crippen molar-refractivity contribution in [2.45, 2.75) is 26.2 Å². The molecule has 0 aliphatic carbocycles. The molecule has 1 fully saturated rings. The Morgan fingerprint density at radius 2 is 1.93 bits per heavy atom. The summed E-state index contributed by atoms with van der Waals surface area (Å²) in [6.07, 6.45) is 2.90. The van der Waals surface area contributed by atoms with Gasteiger partial charge in [-0.3, -0.25) is 9.89 Å². The van der Waals surface area contributed by atoms with Crippen molar-refractivity contribution in [3.63, 3.8) is 0 Å². The highest BCUT2D eigenvalue weighted by molar-refractivity contribution is 5.94. The van der Waals surface area contributed by atoms with Gasteiger partial charge in [-0.15, -0.1) is 12.4 Å². The largest absolute Gasteiger partial charge is 0.325 e. The standard InChI is InChI=1S/C23H27N5O.ClH/c1-16(18-10-7-13-24-15-18)14-21(29)25-20-12-6-5-11-19(20)23-26-22(27-28-23)17-8-3-2-4-9-17;/h2-6,8-9,11-12,16,18,24H,7,10,13-15H2,1H3,(H,25,29)(H,26,27,28);1H. The Balaban J connectivity index is 0.00000256. The van der Waals surface area contributed by atoms with Crippen molar-refractivity contribution >= 4 is 24.0 Å². The van der Waals surface area contributed by atoms with E-state index in [0.29, 0.717) is 29.9 Å². The first-order valence-corrected chi connectivity index (χ1v) is 10.3. The molecule has 0 bridgehead atoms. The van der Waals surface area contributed by atoms with E-state index in [1.54, 1.807) is 0 Å². The molecule has 2 unspecified atom stereocenters. The van der Waals surface area contributed by atoms with Crippen LogP contribution in [-0.4, -0.2) is 34.2 Å². The SMILES string of the molecule is CC(CC(=O)Nc1ccccc1-c1nc(-c2ccccc2)n[nH]1)C1CCCNC1.Cl. The molecular weight excluding hydrogens is 398 g/mol. The number of carbonyl (C=O) groups is 1. The monoisotopic (exact) mass is 425 g/mol. The number of halogens is 1. The number of carbonyl (C=O) groups excluding carboxylic acids is 1. The van der Waals surface area contributed by atoms with Crippen LogP contribution >= 0.6 is 12.4 Å². The van der Waals surface area contributed by atoms with Crippen LogP contribution in [0, 0.1) is 11.8 Å². The van der Waals surface area contributed by atoms with Gasteiger partial charge in [0, 0.05) is 17.5 Å². The van der Waals surface area contributed by atoms with Crippen molar-refractivity contribution in [2.75, 3.05) is 18.4 Å². The number of amides is 1. The molecule has 0 spiro atoms. The van der Waals surface area contributed by atoms with E-state index in [0.717, 1.165) is 29.9 Å². The Hall–Kier alpha value is -2.70. The average molecular weight is 426 g/mol. The third kappa shape index (κ3) is 5.26. The quantitative estimate of drug-likeness (QED) is 0.542. The van der Waals surface area contributed by atoms with Gasteiger partial charge < -0.3 is 10.6 Å². The lowest BCUT2D eigenvalue weighted by molar-refractivity contribution is -0.117. The second kappa shape index (κ2) is 10.4. The lowest BCUT2D eigenvalue weighted by Crippen LogP contribution is -2.34. The van der Waals surface area contributed by atoms with E-state index in [1.807, 2.05) is 54.6 Å². The normalized spacial score (nSPS) is 17.0. The lowest BCUT2D eigenvalue weighted by atomic mass is 9.85. The molecule has 4 rings (SSSR count). The van der Waals surface area contributed by atoms with E-state index in [1.165, 1.54) is 12.8 Å². The molecule has 6 nitrogen and oxygen atoms in total. The van der Waals surface area contributed by atoms with Crippen LogP contribution in [0.15, 0.2) is 54.6 Å². The van der Waals surface area contributed by atoms with Crippen molar-refractivity contribution in [1.82, 2.24) is 20.5 Å². The molecule has 1 aliphatic heterocycles. The summed E-state index contributed by atoms with van der Waals surface area (Å²) in [6.45, 7) is 4.27. The molecule has 1 aromatic heterocycles. The van der Waals surface area contributed by atoms with E-state index < -0.39 is 0 Å². The molecule has 30 heavy (non-hydrogen) atoms. The van der Waals surface area contributed by atoms with Crippen LogP contribution in [0.1, 0.15) is 26.2 Å². The minimum Gasteiger partial charge on any atom is -0.325 e. The highest BCUT2D eigenvalue weighted by atomic mass is 35.5. The first-order chi connectivity index (χ1) is 14.2. The number of rotatable bonds is 6. The Bertz CT molecular complexity index is 953. The van der Waals surface area contributed by atoms with Crippen molar-refractivity contribution in [3.8, 4) is 22.8 Å². The molecule has 1 aliphatic rings. The summed E-state index contributed by atoms with van der Waals surface area (Å²) in [5.41, 5.74) is 2.54. The Labute approximate surface area is 183 Å². The average Bonchev–Trinajstić information content (AvgIpc) is 3.25. The first-order valence-electron chi connectivity index (χ1n) is 10.3. The zero-order valence-electron chi connectivity index (χ0n) is 17.1. The molecule has 7 heteroatoms. The van der Waals surface area contributed by atoms with E-state index in [4.69, 9.17) is 0 Å². The molecule has 0 saturated carbocycles. The van der Waals surface area contributed by atoms with Crippen LogP contribution in [-0.2, 0) is 4.79 Å². The van der Waals surface area contributed by atoms with Gasteiger partial charge in [-0.25, -0.2) is 4.98 Å². The molecular formula is C23H28ClN5O. The summed E-state index contributed by atoms with van der Waals surface area (Å²) >= 11 is 0. The minimum absolute atomic E-state index is 0. The number of anilines is 1. The van der Waals surface area contributed by atoms with Gasteiger partial charge in [0.1, 0.15) is 0 Å². The first kappa shape index (κ1) is 22.0. The molecule has 3 aromatic rings. The fraction of sp³-hybridized carbons (Fsp3) is 0.348. The van der Waals surface area contributed by atoms with Gasteiger partial charge in [-0.2, -0.15) is 5.10 Å². The number of para-hydroxylation sites is 1. The predicted molar refractivity (Wildman–Crippen MR) is 123 cm³/mol. The predicted octanol–water partition coefficient (Wildman–Crippen LogP) is 4.52. The highest BCUT2D eigenvalue weighted by Gasteiger charge is 2.22. The summed E-state index contributed by atoms with van der Waals surface area (Å²) in [7, 11) is 0.